The molecule has 0 aliphatic carbocycles. The zero-order valence-electron chi connectivity index (χ0n) is 14.5. The van der Waals surface area contributed by atoms with E-state index >= 15 is 0 Å². The molecule has 2 heterocycles. The lowest BCUT2D eigenvalue weighted by Gasteiger charge is -2.29. The molecule has 2 aromatic rings. The first-order chi connectivity index (χ1) is 12.3. The third kappa shape index (κ3) is 3.75. The SMILES string of the molecule is O=C(c1ccc(C[NH+]2CCOCC2)cc1)N1CCc2ccccc2C1. The van der Waals surface area contributed by atoms with Gasteiger partial charge in [-0.3, -0.25) is 4.79 Å². The van der Waals surface area contributed by atoms with E-state index < -0.39 is 0 Å². The van der Waals surface area contributed by atoms with Gasteiger partial charge in [-0.25, -0.2) is 0 Å². The molecular weight excluding hydrogens is 312 g/mol. The summed E-state index contributed by atoms with van der Waals surface area (Å²) in [7, 11) is 0. The van der Waals surface area contributed by atoms with Crippen molar-refractivity contribution < 1.29 is 14.4 Å². The van der Waals surface area contributed by atoms with E-state index in [2.05, 4.69) is 36.4 Å². The summed E-state index contributed by atoms with van der Waals surface area (Å²) in [6, 6.07) is 16.6. The minimum Gasteiger partial charge on any atom is -0.370 e. The van der Waals surface area contributed by atoms with Gasteiger partial charge in [0.05, 0.1) is 13.2 Å². The van der Waals surface area contributed by atoms with Gasteiger partial charge >= 0.3 is 0 Å². The van der Waals surface area contributed by atoms with Crippen molar-refractivity contribution in [2.24, 2.45) is 0 Å². The molecule has 2 aliphatic rings. The third-order valence-corrected chi connectivity index (χ3v) is 5.27. The van der Waals surface area contributed by atoms with Gasteiger partial charge in [-0.2, -0.15) is 0 Å². The summed E-state index contributed by atoms with van der Waals surface area (Å²) in [6.45, 7) is 6.35. The summed E-state index contributed by atoms with van der Waals surface area (Å²) >= 11 is 0. The number of morpholine rings is 1. The highest BCUT2D eigenvalue weighted by molar-refractivity contribution is 5.94. The lowest BCUT2D eigenvalue weighted by Crippen LogP contribution is -3.12. The van der Waals surface area contributed by atoms with Crippen LogP contribution in [0.4, 0.5) is 0 Å². The molecule has 25 heavy (non-hydrogen) atoms. The molecule has 2 aliphatic heterocycles. The number of benzene rings is 2. The fourth-order valence-corrected chi connectivity index (χ4v) is 3.74. The molecular formula is C21H25N2O2+. The standard InChI is InChI=1S/C21H24N2O2/c24-21(23-10-9-18-3-1-2-4-20(18)16-23)19-7-5-17(6-8-19)15-22-11-13-25-14-12-22/h1-8H,9-16H2/p+1. The van der Waals surface area contributed by atoms with Crippen LogP contribution in [-0.2, 0) is 24.2 Å². The number of fused-ring (bicyclic) bond motifs is 1. The molecule has 1 amide bonds. The summed E-state index contributed by atoms with van der Waals surface area (Å²) in [6.07, 6.45) is 0.945. The molecule has 0 spiro atoms. The molecule has 0 aromatic heterocycles. The highest BCUT2D eigenvalue weighted by Gasteiger charge is 2.21. The lowest BCUT2D eigenvalue weighted by atomic mass is 9.99. The van der Waals surface area contributed by atoms with Crippen molar-refractivity contribution in [3.8, 4) is 0 Å². The van der Waals surface area contributed by atoms with E-state index in [-0.39, 0.29) is 5.91 Å². The number of quaternary nitrogens is 1. The molecule has 0 atom stereocenters. The number of ether oxygens (including phenoxy) is 1. The van der Waals surface area contributed by atoms with Crippen molar-refractivity contribution in [3.05, 3.63) is 70.8 Å². The Hall–Kier alpha value is -2.17. The summed E-state index contributed by atoms with van der Waals surface area (Å²) in [4.78, 5) is 16.3. The smallest absolute Gasteiger partial charge is 0.254 e. The number of hydrogen-bond acceptors (Lipinski definition) is 2. The van der Waals surface area contributed by atoms with Crippen LogP contribution < -0.4 is 4.90 Å². The van der Waals surface area contributed by atoms with E-state index in [0.29, 0.717) is 6.54 Å². The van der Waals surface area contributed by atoms with Crippen LogP contribution in [0.2, 0.25) is 0 Å². The van der Waals surface area contributed by atoms with Crippen LogP contribution >= 0.6 is 0 Å². The molecule has 0 radical (unpaired) electrons. The molecule has 2 aromatic carbocycles. The van der Waals surface area contributed by atoms with Gasteiger partial charge < -0.3 is 14.5 Å². The lowest BCUT2D eigenvalue weighted by molar-refractivity contribution is -0.921. The number of hydrogen-bond donors (Lipinski definition) is 1. The first kappa shape index (κ1) is 16.3. The van der Waals surface area contributed by atoms with Crippen LogP contribution in [0.5, 0.6) is 0 Å². The second-order valence-electron chi connectivity index (χ2n) is 6.98. The average molecular weight is 337 g/mol. The Morgan fingerprint density at radius 2 is 1.72 bits per heavy atom. The molecule has 4 heteroatoms. The maximum Gasteiger partial charge on any atom is 0.254 e. The topological polar surface area (TPSA) is 34.0 Å². The van der Waals surface area contributed by atoms with E-state index in [1.807, 2.05) is 17.0 Å². The van der Waals surface area contributed by atoms with Crippen LogP contribution in [0, 0.1) is 0 Å². The molecule has 1 N–H and O–H groups in total. The largest absolute Gasteiger partial charge is 0.370 e. The number of amides is 1. The first-order valence-corrected chi connectivity index (χ1v) is 9.16. The molecule has 130 valence electrons. The zero-order chi connectivity index (χ0) is 17.1. The van der Waals surface area contributed by atoms with Gasteiger partial charge in [-0.1, -0.05) is 36.4 Å². The number of carbonyl (C=O) groups excluding carboxylic acids is 1. The van der Waals surface area contributed by atoms with Crippen molar-refractivity contribution in [2.45, 2.75) is 19.5 Å². The Balaban J connectivity index is 1.41. The molecule has 4 rings (SSSR count). The summed E-state index contributed by atoms with van der Waals surface area (Å²) in [5.74, 6) is 0.139. The quantitative estimate of drug-likeness (QED) is 0.916. The predicted molar refractivity (Wildman–Crippen MR) is 96.5 cm³/mol. The Bertz CT molecular complexity index is 736. The van der Waals surface area contributed by atoms with Gasteiger partial charge in [-0.15, -0.1) is 0 Å². The van der Waals surface area contributed by atoms with Gasteiger partial charge in [0, 0.05) is 24.2 Å². The first-order valence-electron chi connectivity index (χ1n) is 9.16. The fourth-order valence-electron chi connectivity index (χ4n) is 3.74. The Labute approximate surface area is 149 Å². The monoisotopic (exact) mass is 337 g/mol. The number of nitrogens with one attached hydrogen (secondary N) is 1. The van der Waals surface area contributed by atoms with E-state index in [1.54, 1.807) is 4.90 Å². The Morgan fingerprint density at radius 1 is 1.00 bits per heavy atom. The van der Waals surface area contributed by atoms with Gasteiger partial charge in [0.25, 0.3) is 5.91 Å². The minimum atomic E-state index is 0.139. The van der Waals surface area contributed by atoms with E-state index in [9.17, 15) is 4.79 Å². The highest BCUT2D eigenvalue weighted by Crippen LogP contribution is 2.20. The van der Waals surface area contributed by atoms with E-state index in [1.165, 1.54) is 16.7 Å². The predicted octanol–water partition coefficient (Wildman–Crippen LogP) is 1.30. The van der Waals surface area contributed by atoms with Crippen LogP contribution in [0.3, 0.4) is 0 Å². The Morgan fingerprint density at radius 3 is 2.48 bits per heavy atom. The van der Waals surface area contributed by atoms with Crippen molar-refractivity contribution in [1.82, 2.24) is 4.90 Å². The van der Waals surface area contributed by atoms with Crippen LogP contribution in [0.1, 0.15) is 27.0 Å². The number of carbonyl (C=O) groups is 1. The third-order valence-electron chi connectivity index (χ3n) is 5.27. The second-order valence-corrected chi connectivity index (χ2v) is 6.98. The molecule has 0 saturated carbocycles. The van der Waals surface area contributed by atoms with Crippen LogP contribution in [0.25, 0.3) is 0 Å². The molecule has 0 bridgehead atoms. The van der Waals surface area contributed by atoms with Crippen LogP contribution in [-0.4, -0.2) is 43.7 Å². The number of rotatable bonds is 3. The summed E-state index contributed by atoms with van der Waals surface area (Å²) < 4.78 is 5.41. The van der Waals surface area contributed by atoms with E-state index in [0.717, 1.165) is 51.4 Å². The van der Waals surface area contributed by atoms with E-state index in [4.69, 9.17) is 4.74 Å². The van der Waals surface area contributed by atoms with Crippen molar-refractivity contribution in [1.29, 1.82) is 0 Å². The second kappa shape index (κ2) is 7.38. The van der Waals surface area contributed by atoms with Crippen molar-refractivity contribution >= 4 is 5.91 Å². The summed E-state index contributed by atoms with van der Waals surface area (Å²) in [5, 5.41) is 0. The average Bonchev–Trinajstić information content (AvgIpc) is 2.68. The zero-order valence-corrected chi connectivity index (χ0v) is 14.5. The van der Waals surface area contributed by atoms with Gasteiger partial charge in [-0.05, 0) is 29.7 Å². The van der Waals surface area contributed by atoms with Crippen molar-refractivity contribution in [3.63, 3.8) is 0 Å². The fraction of sp³-hybridized carbons (Fsp3) is 0.381. The maximum absolute atomic E-state index is 12.8. The maximum atomic E-state index is 12.8. The van der Waals surface area contributed by atoms with Gasteiger partial charge in [0.2, 0.25) is 0 Å². The molecule has 1 saturated heterocycles. The summed E-state index contributed by atoms with van der Waals surface area (Å²) in [5.41, 5.74) is 4.72. The highest BCUT2D eigenvalue weighted by atomic mass is 16.5. The molecule has 1 fully saturated rings. The number of nitrogens with zero attached hydrogens (tertiary/aromatic N) is 1. The van der Waals surface area contributed by atoms with Crippen LogP contribution in [0.15, 0.2) is 48.5 Å². The minimum absolute atomic E-state index is 0.139. The van der Waals surface area contributed by atoms with Gasteiger partial charge in [0.15, 0.2) is 0 Å². The van der Waals surface area contributed by atoms with Crippen molar-refractivity contribution in [2.75, 3.05) is 32.8 Å². The molecule has 4 nitrogen and oxygen atoms in total. The molecule has 0 unspecified atom stereocenters. The Kier molecular flexibility index (Phi) is 4.81. The van der Waals surface area contributed by atoms with Gasteiger partial charge in [0.1, 0.15) is 19.6 Å². The normalized spacial score (nSPS) is 18.0.